The van der Waals surface area contributed by atoms with Crippen LogP contribution >= 0.6 is 0 Å². The fourth-order valence-electron chi connectivity index (χ4n) is 2.88. The maximum atomic E-state index is 12.4. The third-order valence-corrected chi connectivity index (χ3v) is 4.26. The van der Waals surface area contributed by atoms with E-state index in [1.165, 1.54) is 0 Å². The molecule has 1 saturated heterocycles. The van der Waals surface area contributed by atoms with Gasteiger partial charge in [-0.05, 0) is 32.9 Å². The van der Waals surface area contributed by atoms with E-state index >= 15 is 0 Å². The van der Waals surface area contributed by atoms with E-state index in [2.05, 4.69) is 15.1 Å². The van der Waals surface area contributed by atoms with Crippen LogP contribution in [0.5, 0.6) is 0 Å². The molecule has 2 rings (SSSR count). The lowest BCUT2D eigenvalue weighted by atomic mass is 10.3. The Morgan fingerprint density at radius 2 is 1.76 bits per heavy atom. The number of carbonyl (C=O) groups is 2. The van der Waals surface area contributed by atoms with E-state index in [9.17, 15) is 9.59 Å². The minimum atomic E-state index is 0.0630. The first-order valence-corrected chi connectivity index (χ1v) is 8.87. The molecule has 0 spiro atoms. The van der Waals surface area contributed by atoms with Crippen LogP contribution in [0.4, 0.5) is 0 Å². The van der Waals surface area contributed by atoms with Crippen molar-refractivity contribution in [1.82, 2.24) is 20.0 Å². The normalized spacial score (nSPS) is 16.2. The largest absolute Gasteiger partial charge is 0.464 e. The zero-order chi connectivity index (χ0) is 18.4. The van der Waals surface area contributed by atoms with Gasteiger partial charge in [-0.1, -0.05) is 0 Å². The number of nitrogens with zero attached hydrogens (tertiary/aromatic N) is 3. The van der Waals surface area contributed by atoms with Crippen molar-refractivity contribution < 1.29 is 14.0 Å². The molecular weight excluding hydrogens is 320 g/mol. The Kier molecular flexibility index (Phi) is 7.01. The number of hydrogen-bond acceptors (Lipinski definition) is 5. The quantitative estimate of drug-likeness (QED) is 0.784. The summed E-state index contributed by atoms with van der Waals surface area (Å²) in [5.41, 5.74) is 0. The summed E-state index contributed by atoms with van der Waals surface area (Å²) in [5, 5.41) is 2.91. The monoisotopic (exact) mass is 350 g/mol. The van der Waals surface area contributed by atoms with Gasteiger partial charge in [-0.3, -0.25) is 19.4 Å². The first-order valence-electron chi connectivity index (χ1n) is 8.87. The second kappa shape index (κ2) is 9.01. The number of rotatable bonds is 7. The average Bonchev–Trinajstić information content (AvgIpc) is 2.93. The Labute approximate surface area is 149 Å². The predicted octanol–water partition coefficient (Wildman–Crippen LogP) is 0.689. The van der Waals surface area contributed by atoms with E-state index in [0.29, 0.717) is 19.6 Å². The molecule has 0 aromatic carbocycles. The minimum absolute atomic E-state index is 0.0630. The number of carbonyl (C=O) groups excluding carboxylic acids is 2. The summed E-state index contributed by atoms with van der Waals surface area (Å²) in [7, 11) is 1.80. The number of hydrogen-bond donors (Lipinski definition) is 1. The Morgan fingerprint density at radius 3 is 2.28 bits per heavy atom. The van der Waals surface area contributed by atoms with Crippen LogP contribution in [-0.4, -0.2) is 78.9 Å². The molecule has 0 bridgehead atoms. The number of nitrogens with one attached hydrogen (secondary N) is 1. The SMILES string of the molecule is Cc1ccc(CN(C)C(=O)CN2CCN(CC(=O)NC(C)C)CC2)o1. The van der Waals surface area contributed by atoms with Crippen molar-refractivity contribution in [2.75, 3.05) is 46.3 Å². The highest BCUT2D eigenvalue weighted by atomic mass is 16.3. The molecule has 7 heteroatoms. The highest BCUT2D eigenvalue weighted by Gasteiger charge is 2.22. The summed E-state index contributed by atoms with van der Waals surface area (Å²) in [6, 6.07) is 3.97. The molecule has 1 N–H and O–H groups in total. The van der Waals surface area contributed by atoms with Gasteiger partial charge in [-0.25, -0.2) is 0 Å². The molecule has 1 aromatic heterocycles. The van der Waals surface area contributed by atoms with Gasteiger partial charge in [0.2, 0.25) is 11.8 Å². The van der Waals surface area contributed by atoms with Gasteiger partial charge in [0.15, 0.2) is 0 Å². The smallest absolute Gasteiger partial charge is 0.236 e. The van der Waals surface area contributed by atoms with Gasteiger partial charge in [0.25, 0.3) is 0 Å². The second-order valence-corrected chi connectivity index (χ2v) is 7.04. The number of amides is 2. The first-order chi connectivity index (χ1) is 11.8. The van der Waals surface area contributed by atoms with Crippen LogP contribution in [-0.2, 0) is 16.1 Å². The number of furan rings is 1. The third kappa shape index (κ3) is 6.51. The molecule has 25 heavy (non-hydrogen) atoms. The fourth-order valence-corrected chi connectivity index (χ4v) is 2.88. The molecule has 1 aliphatic rings. The van der Waals surface area contributed by atoms with E-state index in [1.54, 1.807) is 11.9 Å². The van der Waals surface area contributed by atoms with Gasteiger partial charge in [0, 0.05) is 39.3 Å². The van der Waals surface area contributed by atoms with Crippen molar-refractivity contribution in [3.8, 4) is 0 Å². The molecule has 0 unspecified atom stereocenters. The van der Waals surface area contributed by atoms with E-state index < -0.39 is 0 Å². The maximum Gasteiger partial charge on any atom is 0.236 e. The highest BCUT2D eigenvalue weighted by Crippen LogP contribution is 2.09. The van der Waals surface area contributed by atoms with Crippen LogP contribution in [0, 0.1) is 6.92 Å². The van der Waals surface area contributed by atoms with Gasteiger partial charge >= 0.3 is 0 Å². The molecular formula is C18H30N4O3. The first kappa shape index (κ1) is 19.5. The molecule has 1 aromatic rings. The molecule has 0 atom stereocenters. The van der Waals surface area contributed by atoms with Crippen molar-refractivity contribution in [3.63, 3.8) is 0 Å². The van der Waals surface area contributed by atoms with Crippen molar-refractivity contribution in [3.05, 3.63) is 23.7 Å². The topological polar surface area (TPSA) is 69.0 Å². The zero-order valence-corrected chi connectivity index (χ0v) is 15.7. The second-order valence-electron chi connectivity index (χ2n) is 7.04. The van der Waals surface area contributed by atoms with Crippen molar-refractivity contribution >= 4 is 11.8 Å². The standard InChI is InChI=1S/C18H30N4O3/c1-14(2)19-17(23)12-21-7-9-22(10-8-21)13-18(24)20(4)11-16-6-5-15(3)25-16/h5-6,14H,7-13H2,1-4H3,(H,19,23). The molecule has 1 fully saturated rings. The van der Waals surface area contributed by atoms with Crippen molar-refractivity contribution in [2.45, 2.75) is 33.4 Å². The van der Waals surface area contributed by atoms with Crippen molar-refractivity contribution in [2.24, 2.45) is 0 Å². The van der Waals surface area contributed by atoms with Crippen LogP contribution in [0.15, 0.2) is 16.5 Å². The molecule has 140 valence electrons. The summed E-state index contributed by atoms with van der Waals surface area (Å²) in [4.78, 5) is 30.1. The molecule has 2 heterocycles. The van der Waals surface area contributed by atoms with Gasteiger partial charge < -0.3 is 14.6 Å². The molecule has 0 radical (unpaired) electrons. The fraction of sp³-hybridized carbons (Fsp3) is 0.667. The van der Waals surface area contributed by atoms with Crippen LogP contribution < -0.4 is 5.32 Å². The number of piperazine rings is 1. The van der Waals surface area contributed by atoms with Gasteiger partial charge in [-0.2, -0.15) is 0 Å². The lowest BCUT2D eigenvalue weighted by Crippen LogP contribution is -2.52. The molecule has 7 nitrogen and oxygen atoms in total. The Balaban J connectivity index is 1.70. The van der Waals surface area contributed by atoms with Crippen LogP contribution in [0.1, 0.15) is 25.4 Å². The van der Waals surface area contributed by atoms with Crippen LogP contribution in [0.25, 0.3) is 0 Å². The van der Waals surface area contributed by atoms with Gasteiger partial charge in [0.05, 0.1) is 19.6 Å². The average molecular weight is 350 g/mol. The molecule has 0 aliphatic carbocycles. The minimum Gasteiger partial charge on any atom is -0.464 e. The van der Waals surface area contributed by atoms with Crippen molar-refractivity contribution in [1.29, 1.82) is 0 Å². The molecule has 2 amide bonds. The van der Waals surface area contributed by atoms with Crippen LogP contribution in [0.2, 0.25) is 0 Å². The third-order valence-electron chi connectivity index (χ3n) is 4.26. The lowest BCUT2D eigenvalue weighted by molar-refractivity contribution is -0.132. The van der Waals surface area contributed by atoms with E-state index in [4.69, 9.17) is 4.42 Å². The van der Waals surface area contributed by atoms with E-state index in [1.807, 2.05) is 32.9 Å². The summed E-state index contributed by atoms with van der Waals surface area (Å²) < 4.78 is 5.52. The predicted molar refractivity (Wildman–Crippen MR) is 96.1 cm³/mol. The summed E-state index contributed by atoms with van der Waals surface area (Å²) in [6.07, 6.45) is 0. The van der Waals surface area contributed by atoms with Gasteiger partial charge in [0.1, 0.15) is 11.5 Å². The van der Waals surface area contributed by atoms with E-state index in [-0.39, 0.29) is 17.9 Å². The molecule has 0 saturated carbocycles. The summed E-state index contributed by atoms with van der Waals surface area (Å²) in [5.74, 6) is 1.80. The Bertz CT molecular complexity index is 577. The van der Waals surface area contributed by atoms with Crippen LogP contribution in [0.3, 0.4) is 0 Å². The zero-order valence-electron chi connectivity index (χ0n) is 15.7. The molecule has 1 aliphatic heterocycles. The Morgan fingerprint density at radius 1 is 1.16 bits per heavy atom. The number of likely N-dealkylation sites (N-methyl/N-ethyl adjacent to an activating group) is 1. The van der Waals surface area contributed by atoms with Gasteiger partial charge in [-0.15, -0.1) is 0 Å². The summed E-state index contributed by atoms with van der Waals surface area (Å²) >= 11 is 0. The number of aryl methyl sites for hydroxylation is 1. The Hall–Kier alpha value is -1.86. The van der Waals surface area contributed by atoms with E-state index in [0.717, 1.165) is 37.7 Å². The maximum absolute atomic E-state index is 12.4. The highest BCUT2D eigenvalue weighted by molar-refractivity contribution is 5.78. The summed E-state index contributed by atoms with van der Waals surface area (Å²) in [6.45, 7) is 10.3. The lowest BCUT2D eigenvalue weighted by Gasteiger charge is -2.34.